The van der Waals surface area contributed by atoms with Crippen LogP contribution in [0.25, 0.3) is 10.6 Å². The summed E-state index contributed by atoms with van der Waals surface area (Å²) in [5.41, 5.74) is 2.37. The SMILES string of the molecule is CC(C)NC(=O)CN1CCN(Cc2csc(-c3ccsc3)n2)CC1. The molecule has 0 saturated carbocycles. The number of piperazine rings is 1. The molecule has 3 heterocycles. The summed E-state index contributed by atoms with van der Waals surface area (Å²) in [7, 11) is 0. The van der Waals surface area contributed by atoms with E-state index in [1.54, 1.807) is 22.7 Å². The van der Waals surface area contributed by atoms with Gasteiger partial charge in [-0.3, -0.25) is 14.6 Å². The summed E-state index contributed by atoms with van der Waals surface area (Å²) < 4.78 is 0. The maximum Gasteiger partial charge on any atom is 0.234 e. The van der Waals surface area contributed by atoms with Crippen LogP contribution in [0.4, 0.5) is 0 Å². The van der Waals surface area contributed by atoms with Gasteiger partial charge < -0.3 is 5.32 Å². The molecule has 7 heteroatoms. The third-order valence-electron chi connectivity index (χ3n) is 3.99. The van der Waals surface area contributed by atoms with Gasteiger partial charge >= 0.3 is 0 Å². The molecular formula is C17H24N4OS2. The molecule has 0 unspecified atom stereocenters. The molecule has 1 aliphatic heterocycles. The number of thiazole rings is 1. The van der Waals surface area contributed by atoms with Gasteiger partial charge in [0.15, 0.2) is 0 Å². The van der Waals surface area contributed by atoms with Crippen LogP contribution in [0.3, 0.4) is 0 Å². The number of hydrogen-bond acceptors (Lipinski definition) is 6. The molecule has 1 N–H and O–H groups in total. The van der Waals surface area contributed by atoms with E-state index in [1.807, 2.05) is 13.8 Å². The smallest absolute Gasteiger partial charge is 0.234 e. The summed E-state index contributed by atoms with van der Waals surface area (Å²) in [5.74, 6) is 0.123. The zero-order valence-electron chi connectivity index (χ0n) is 14.2. The van der Waals surface area contributed by atoms with Crippen LogP contribution in [0.2, 0.25) is 0 Å². The van der Waals surface area contributed by atoms with Gasteiger partial charge in [0.1, 0.15) is 5.01 Å². The Bertz CT molecular complexity index is 645. The van der Waals surface area contributed by atoms with Crippen LogP contribution >= 0.6 is 22.7 Å². The van der Waals surface area contributed by atoms with Gasteiger partial charge in [0.25, 0.3) is 0 Å². The van der Waals surface area contributed by atoms with E-state index in [-0.39, 0.29) is 11.9 Å². The van der Waals surface area contributed by atoms with Gasteiger partial charge in [0, 0.05) is 55.1 Å². The zero-order chi connectivity index (χ0) is 16.9. The predicted octanol–water partition coefficient (Wildman–Crippen LogP) is 2.51. The highest BCUT2D eigenvalue weighted by molar-refractivity contribution is 7.14. The summed E-state index contributed by atoms with van der Waals surface area (Å²) in [5, 5.41) is 10.5. The van der Waals surface area contributed by atoms with Crippen molar-refractivity contribution in [2.24, 2.45) is 0 Å². The number of carbonyl (C=O) groups excluding carboxylic acids is 1. The van der Waals surface area contributed by atoms with Crippen molar-refractivity contribution in [1.82, 2.24) is 20.1 Å². The average molecular weight is 365 g/mol. The molecule has 0 radical (unpaired) electrons. The molecule has 0 bridgehead atoms. The lowest BCUT2D eigenvalue weighted by Crippen LogP contribution is -2.49. The Morgan fingerprint density at radius 2 is 2.00 bits per heavy atom. The fraction of sp³-hybridized carbons (Fsp3) is 0.529. The Balaban J connectivity index is 1.45. The Hall–Kier alpha value is -1.28. The second-order valence-electron chi connectivity index (χ2n) is 6.43. The normalized spacial score (nSPS) is 16.6. The molecule has 1 amide bonds. The number of hydrogen-bond donors (Lipinski definition) is 1. The molecule has 2 aromatic rings. The van der Waals surface area contributed by atoms with Crippen molar-refractivity contribution in [3.05, 3.63) is 27.9 Å². The lowest BCUT2D eigenvalue weighted by Gasteiger charge is -2.34. The Morgan fingerprint density at radius 3 is 2.67 bits per heavy atom. The number of amides is 1. The van der Waals surface area contributed by atoms with Gasteiger partial charge in [-0.25, -0.2) is 4.98 Å². The number of nitrogens with one attached hydrogen (secondary N) is 1. The molecule has 1 fully saturated rings. The Morgan fingerprint density at radius 1 is 1.25 bits per heavy atom. The predicted molar refractivity (Wildman–Crippen MR) is 100 cm³/mol. The molecule has 3 rings (SSSR count). The standard InChI is InChI=1S/C17H24N4OS2/c1-13(2)18-16(22)10-21-6-4-20(5-7-21)9-15-12-24-17(19-15)14-3-8-23-11-14/h3,8,11-13H,4-7,9-10H2,1-2H3,(H,18,22). The molecule has 2 aromatic heterocycles. The zero-order valence-corrected chi connectivity index (χ0v) is 15.8. The molecule has 1 aliphatic rings. The van der Waals surface area contributed by atoms with E-state index >= 15 is 0 Å². The second kappa shape index (κ2) is 8.20. The molecule has 24 heavy (non-hydrogen) atoms. The topological polar surface area (TPSA) is 48.5 Å². The van der Waals surface area contributed by atoms with Crippen molar-refractivity contribution in [2.75, 3.05) is 32.7 Å². The molecule has 5 nitrogen and oxygen atoms in total. The van der Waals surface area contributed by atoms with Crippen molar-refractivity contribution in [1.29, 1.82) is 0 Å². The van der Waals surface area contributed by atoms with E-state index in [0.29, 0.717) is 6.54 Å². The van der Waals surface area contributed by atoms with Crippen molar-refractivity contribution in [2.45, 2.75) is 26.4 Å². The quantitative estimate of drug-likeness (QED) is 0.856. The summed E-state index contributed by atoms with van der Waals surface area (Å²) >= 11 is 3.42. The first-order valence-electron chi connectivity index (χ1n) is 8.31. The van der Waals surface area contributed by atoms with Gasteiger partial charge in [-0.15, -0.1) is 11.3 Å². The third kappa shape index (κ3) is 4.86. The minimum Gasteiger partial charge on any atom is -0.353 e. The highest BCUT2D eigenvalue weighted by atomic mass is 32.1. The minimum absolute atomic E-state index is 0.123. The first-order chi connectivity index (χ1) is 11.6. The van der Waals surface area contributed by atoms with Crippen LogP contribution in [0.5, 0.6) is 0 Å². The van der Waals surface area contributed by atoms with E-state index < -0.39 is 0 Å². The van der Waals surface area contributed by atoms with Crippen LogP contribution in [0.1, 0.15) is 19.5 Å². The van der Waals surface area contributed by atoms with Crippen LogP contribution in [-0.4, -0.2) is 59.5 Å². The summed E-state index contributed by atoms with van der Waals surface area (Å²) in [6.45, 7) is 9.24. The number of thiophene rings is 1. The number of carbonyl (C=O) groups is 1. The lowest BCUT2D eigenvalue weighted by molar-refractivity contribution is -0.123. The monoisotopic (exact) mass is 364 g/mol. The van der Waals surface area contributed by atoms with Gasteiger partial charge in [-0.05, 0) is 25.3 Å². The lowest BCUT2D eigenvalue weighted by atomic mass is 10.3. The number of rotatable bonds is 6. The molecule has 1 saturated heterocycles. The average Bonchev–Trinajstić information content (AvgIpc) is 3.19. The molecule has 0 spiro atoms. The maximum atomic E-state index is 11.8. The van der Waals surface area contributed by atoms with Crippen LogP contribution in [-0.2, 0) is 11.3 Å². The highest BCUT2D eigenvalue weighted by Gasteiger charge is 2.20. The van der Waals surface area contributed by atoms with Crippen LogP contribution in [0.15, 0.2) is 22.2 Å². The van der Waals surface area contributed by atoms with Crippen molar-refractivity contribution in [3.8, 4) is 10.6 Å². The van der Waals surface area contributed by atoms with E-state index in [2.05, 4.69) is 37.3 Å². The molecule has 0 aromatic carbocycles. The van der Waals surface area contributed by atoms with Crippen molar-refractivity contribution >= 4 is 28.6 Å². The molecular weight excluding hydrogens is 340 g/mol. The maximum absolute atomic E-state index is 11.8. The Kier molecular flexibility index (Phi) is 5.99. The number of aromatic nitrogens is 1. The number of nitrogens with zero attached hydrogens (tertiary/aromatic N) is 3. The van der Waals surface area contributed by atoms with E-state index in [9.17, 15) is 4.79 Å². The van der Waals surface area contributed by atoms with Crippen LogP contribution in [0, 0.1) is 0 Å². The highest BCUT2D eigenvalue weighted by Crippen LogP contribution is 2.26. The van der Waals surface area contributed by atoms with Crippen molar-refractivity contribution < 1.29 is 4.79 Å². The van der Waals surface area contributed by atoms with E-state index in [0.717, 1.165) is 43.4 Å². The first kappa shape index (κ1) is 17.5. The Labute approximate surface area is 151 Å². The summed E-state index contributed by atoms with van der Waals surface area (Å²) in [6, 6.07) is 2.33. The second-order valence-corrected chi connectivity index (χ2v) is 8.07. The summed E-state index contributed by atoms with van der Waals surface area (Å²) in [4.78, 5) is 21.2. The van der Waals surface area contributed by atoms with Gasteiger partial charge in [-0.1, -0.05) is 0 Å². The third-order valence-corrected chi connectivity index (χ3v) is 5.61. The molecule has 0 aliphatic carbocycles. The first-order valence-corrected chi connectivity index (χ1v) is 10.1. The van der Waals surface area contributed by atoms with E-state index in [1.165, 1.54) is 5.56 Å². The van der Waals surface area contributed by atoms with Gasteiger partial charge in [0.05, 0.1) is 12.2 Å². The summed E-state index contributed by atoms with van der Waals surface area (Å²) in [6.07, 6.45) is 0. The van der Waals surface area contributed by atoms with Crippen molar-refractivity contribution in [3.63, 3.8) is 0 Å². The largest absolute Gasteiger partial charge is 0.353 e. The van der Waals surface area contributed by atoms with Gasteiger partial charge in [0.2, 0.25) is 5.91 Å². The molecule has 130 valence electrons. The fourth-order valence-corrected chi connectivity index (χ4v) is 4.33. The minimum atomic E-state index is 0.123. The van der Waals surface area contributed by atoms with Crippen LogP contribution < -0.4 is 5.32 Å². The molecule has 0 atom stereocenters. The van der Waals surface area contributed by atoms with E-state index in [4.69, 9.17) is 4.98 Å². The van der Waals surface area contributed by atoms with Gasteiger partial charge in [-0.2, -0.15) is 11.3 Å². The fourth-order valence-electron chi connectivity index (χ4n) is 2.80.